The van der Waals surface area contributed by atoms with Crippen LogP contribution in [0.15, 0.2) is 30.3 Å². The molecule has 6 nitrogen and oxygen atoms in total. The lowest BCUT2D eigenvalue weighted by Gasteiger charge is -2.44. The van der Waals surface area contributed by atoms with Crippen LogP contribution in [0.4, 0.5) is 0 Å². The van der Waals surface area contributed by atoms with E-state index in [0.717, 1.165) is 36.9 Å². The van der Waals surface area contributed by atoms with Gasteiger partial charge < -0.3 is 10.2 Å². The first kappa shape index (κ1) is 22.8. The minimum atomic E-state index is -1.04. The normalized spacial score (nSPS) is 22.0. The molecule has 0 radical (unpaired) electrons. The van der Waals surface area contributed by atoms with E-state index in [4.69, 9.17) is 16.7 Å². The highest BCUT2D eigenvalue weighted by Crippen LogP contribution is 2.32. The molecule has 32 heavy (non-hydrogen) atoms. The molecule has 0 bridgehead atoms. The molecule has 0 saturated heterocycles. The molecule has 1 fully saturated rings. The maximum Gasteiger partial charge on any atom is 0.273 e. The summed E-state index contributed by atoms with van der Waals surface area (Å²) in [5.74, 6) is -0.277. The lowest BCUT2D eigenvalue weighted by Crippen LogP contribution is -2.64. The summed E-state index contributed by atoms with van der Waals surface area (Å²) in [5, 5.41) is 8.61. The number of carbonyl (C=O) groups is 2. The molecular formula is C25H33ClN4O2. The highest BCUT2D eigenvalue weighted by atomic mass is 35.5. The number of aromatic nitrogens is 2. The smallest absolute Gasteiger partial charge is 0.273 e. The van der Waals surface area contributed by atoms with Crippen LogP contribution in [0.3, 0.4) is 0 Å². The molecule has 172 valence electrons. The molecule has 1 atom stereocenters. The van der Waals surface area contributed by atoms with Gasteiger partial charge in [0.05, 0.1) is 12.2 Å². The van der Waals surface area contributed by atoms with Crippen LogP contribution >= 0.6 is 11.6 Å². The molecule has 0 spiro atoms. The van der Waals surface area contributed by atoms with Crippen molar-refractivity contribution in [3.63, 3.8) is 0 Å². The Labute approximate surface area is 195 Å². The number of amides is 2. The van der Waals surface area contributed by atoms with Gasteiger partial charge in [-0.3, -0.25) is 14.3 Å². The average molecular weight is 457 g/mol. The van der Waals surface area contributed by atoms with Crippen LogP contribution in [0, 0.1) is 0 Å². The van der Waals surface area contributed by atoms with Crippen LogP contribution in [0.1, 0.15) is 81.5 Å². The standard InChI is InChI=1S/C25H33ClN4O2/c1-24(2,3)21-14-20-22(31)29(15-17-10-12-18(26)13-11-17)25(4,16-30(20)28-21)23(32)27-19-8-6-5-7-9-19/h10-14,19H,5-9,15-16H2,1-4H3,(H,27,32)/t25-/m0/s1. The summed E-state index contributed by atoms with van der Waals surface area (Å²) >= 11 is 6.05. The van der Waals surface area contributed by atoms with Gasteiger partial charge >= 0.3 is 0 Å². The summed E-state index contributed by atoms with van der Waals surface area (Å²) in [4.78, 5) is 29.0. The van der Waals surface area contributed by atoms with Gasteiger partial charge in [0.1, 0.15) is 11.2 Å². The van der Waals surface area contributed by atoms with E-state index >= 15 is 0 Å². The third kappa shape index (κ3) is 4.42. The fraction of sp³-hybridized carbons (Fsp3) is 0.560. The van der Waals surface area contributed by atoms with Gasteiger partial charge in [-0.1, -0.05) is 63.8 Å². The lowest BCUT2D eigenvalue weighted by molar-refractivity contribution is -0.134. The first-order valence-corrected chi connectivity index (χ1v) is 11.9. The number of fused-ring (bicyclic) bond motifs is 1. The molecule has 2 amide bonds. The fourth-order valence-electron chi connectivity index (χ4n) is 4.62. The van der Waals surface area contributed by atoms with Crippen LogP contribution in [0.2, 0.25) is 5.02 Å². The highest BCUT2D eigenvalue weighted by molar-refractivity contribution is 6.30. The van der Waals surface area contributed by atoms with E-state index in [-0.39, 0.29) is 23.3 Å². The van der Waals surface area contributed by atoms with E-state index in [1.165, 1.54) is 6.42 Å². The Bertz CT molecular complexity index is 1000. The Kier molecular flexibility index (Phi) is 6.10. The van der Waals surface area contributed by atoms with Gasteiger partial charge in [-0.15, -0.1) is 0 Å². The highest BCUT2D eigenvalue weighted by Gasteiger charge is 2.48. The first-order valence-electron chi connectivity index (χ1n) is 11.5. The minimum absolute atomic E-state index is 0.106. The predicted molar refractivity (Wildman–Crippen MR) is 126 cm³/mol. The van der Waals surface area contributed by atoms with E-state index in [1.807, 2.05) is 37.3 Å². The van der Waals surface area contributed by atoms with E-state index in [1.54, 1.807) is 9.58 Å². The second kappa shape index (κ2) is 8.54. The Morgan fingerprint density at radius 3 is 2.47 bits per heavy atom. The number of rotatable bonds is 4. The largest absolute Gasteiger partial charge is 0.351 e. The Hall–Kier alpha value is -2.34. The fourth-order valence-corrected chi connectivity index (χ4v) is 4.74. The molecule has 1 aromatic carbocycles. The maximum atomic E-state index is 13.7. The van der Waals surface area contributed by atoms with Gasteiger partial charge in [-0.2, -0.15) is 5.10 Å². The number of halogens is 1. The number of carbonyl (C=O) groups excluding carboxylic acids is 2. The van der Waals surface area contributed by atoms with Crippen molar-refractivity contribution in [2.75, 3.05) is 0 Å². The third-order valence-electron chi connectivity index (χ3n) is 6.75. The van der Waals surface area contributed by atoms with Crippen molar-refractivity contribution in [1.29, 1.82) is 0 Å². The van der Waals surface area contributed by atoms with E-state index < -0.39 is 5.54 Å². The second-order valence-corrected chi connectivity index (χ2v) is 10.9. The molecule has 7 heteroatoms. The van der Waals surface area contributed by atoms with Gasteiger partial charge in [0.2, 0.25) is 5.91 Å². The molecule has 2 aliphatic rings. The topological polar surface area (TPSA) is 67.2 Å². The zero-order valence-corrected chi connectivity index (χ0v) is 20.2. The van der Waals surface area contributed by atoms with Crippen molar-refractivity contribution in [2.45, 2.75) is 89.9 Å². The molecule has 2 heterocycles. The Morgan fingerprint density at radius 2 is 1.84 bits per heavy atom. The van der Waals surface area contributed by atoms with Crippen LogP contribution in [-0.2, 0) is 23.3 Å². The van der Waals surface area contributed by atoms with Crippen LogP contribution in [0.5, 0.6) is 0 Å². The summed E-state index contributed by atoms with van der Waals surface area (Å²) in [6.45, 7) is 8.75. The molecule has 1 N–H and O–H groups in total. The molecular weight excluding hydrogens is 424 g/mol. The quantitative estimate of drug-likeness (QED) is 0.725. The van der Waals surface area contributed by atoms with Gasteiger partial charge in [0.25, 0.3) is 5.91 Å². The van der Waals surface area contributed by atoms with E-state index in [2.05, 4.69) is 26.1 Å². The van der Waals surface area contributed by atoms with Crippen LogP contribution in [-0.4, -0.2) is 38.1 Å². The van der Waals surface area contributed by atoms with Gasteiger partial charge in [-0.05, 0) is 43.5 Å². The number of hydrogen-bond acceptors (Lipinski definition) is 3. The monoisotopic (exact) mass is 456 g/mol. The van der Waals surface area contributed by atoms with Crippen LogP contribution < -0.4 is 5.32 Å². The molecule has 1 saturated carbocycles. The van der Waals surface area contributed by atoms with Crippen molar-refractivity contribution in [3.8, 4) is 0 Å². The second-order valence-electron chi connectivity index (χ2n) is 10.4. The van der Waals surface area contributed by atoms with Gasteiger partial charge in [0, 0.05) is 23.0 Å². The van der Waals surface area contributed by atoms with E-state index in [9.17, 15) is 9.59 Å². The van der Waals surface area contributed by atoms with Crippen molar-refractivity contribution >= 4 is 23.4 Å². The Morgan fingerprint density at radius 1 is 1.19 bits per heavy atom. The Balaban J connectivity index is 1.70. The lowest BCUT2D eigenvalue weighted by atomic mass is 9.90. The van der Waals surface area contributed by atoms with Crippen molar-refractivity contribution < 1.29 is 9.59 Å². The summed E-state index contributed by atoms with van der Waals surface area (Å²) in [6.07, 6.45) is 5.47. The van der Waals surface area contributed by atoms with Crippen molar-refractivity contribution in [3.05, 3.63) is 52.3 Å². The van der Waals surface area contributed by atoms with Gasteiger partial charge in [-0.25, -0.2) is 0 Å². The van der Waals surface area contributed by atoms with Crippen molar-refractivity contribution in [2.24, 2.45) is 0 Å². The van der Waals surface area contributed by atoms with Crippen LogP contribution in [0.25, 0.3) is 0 Å². The predicted octanol–water partition coefficient (Wildman–Crippen LogP) is 4.70. The third-order valence-corrected chi connectivity index (χ3v) is 7.00. The molecule has 4 rings (SSSR count). The summed E-state index contributed by atoms with van der Waals surface area (Å²) in [5.41, 5.74) is 1.09. The molecule has 2 aromatic rings. The summed E-state index contributed by atoms with van der Waals surface area (Å²) in [6, 6.07) is 9.47. The zero-order chi connectivity index (χ0) is 23.1. The molecule has 1 aromatic heterocycles. The zero-order valence-electron chi connectivity index (χ0n) is 19.4. The summed E-state index contributed by atoms with van der Waals surface area (Å²) in [7, 11) is 0. The molecule has 1 aliphatic carbocycles. The molecule has 1 aliphatic heterocycles. The maximum absolute atomic E-state index is 13.7. The number of hydrogen-bond donors (Lipinski definition) is 1. The number of nitrogens with zero attached hydrogens (tertiary/aromatic N) is 3. The minimum Gasteiger partial charge on any atom is -0.351 e. The van der Waals surface area contributed by atoms with Gasteiger partial charge in [0.15, 0.2) is 0 Å². The van der Waals surface area contributed by atoms with Crippen molar-refractivity contribution in [1.82, 2.24) is 20.0 Å². The van der Waals surface area contributed by atoms with E-state index in [0.29, 0.717) is 23.8 Å². The number of nitrogens with one attached hydrogen (secondary N) is 1. The SMILES string of the molecule is CC(C)(C)c1cc2n(n1)C[C@@](C)(C(=O)NC1CCCCC1)N(Cc1ccc(Cl)cc1)C2=O. The number of benzene rings is 1. The average Bonchev–Trinajstić information content (AvgIpc) is 3.18. The summed E-state index contributed by atoms with van der Waals surface area (Å²) < 4.78 is 1.72. The molecule has 0 unspecified atom stereocenters. The first-order chi connectivity index (χ1) is 15.1.